The van der Waals surface area contributed by atoms with Gasteiger partial charge in [-0.05, 0) is 47.9 Å². The second-order valence-corrected chi connectivity index (χ2v) is 4.69. The molecule has 2 nitrogen and oxygen atoms in total. The van der Waals surface area contributed by atoms with Gasteiger partial charge in [0.1, 0.15) is 17.4 Å². The zero-order chi connectivity index (χ0) is 13.4. The SMILES string of the molecule is Oc1ccc2c(c1)CCNC2c1cc(F)ccc1F. The van der Waals surface area contributed by atoms with Crippen molar-refractivity contribution >= 4 is 0 Å². The molecule has 19 heavy (non-hydrogen) atoms. The van der Waals surface area contributed by atoms with Crippen LogP contribution >= 0.6 is 0 Å². The van der Waals surface area contributed by atoms with Crippen molar-refractivity contribution in [1.82, 2.24) is 5.32 Å². The Bertz CT molecular complexity index is 628. The van der Waals surface area contributed by atoms with Crippen molar-refractivity contribution in [3.8, 4) is 5.75 Å². The maximum absolute atomic E-state index is 13.9. The summed E-state index contributed by atoms with van der Waals surface area (Å²) in [5.41, 5.74) is 2.15. The second-order valence-electron chi connectivity index (χ2n) is 4.69. The van der Waals surface area contributed by atoms with Crippen molar-refractivity contribution in [3.63, 3.8) is 0 Å². The lowest BCUT2D eigenvalue weighted by Crippen LogP contribution is -2.31. The van der Waals surface area contributed by atoms with E-state index in [9.17, 15) is 13.9 Å². The van der Waals surface area contributed by atoms with Gasteiger partial charge in [0.05, 0.1) is 6.04 Å². The lowest BCUT2D eigenvalue weighted by atomic mass is 9.89. The summed E-state index contributed by atoms with van der Waals surface area (Å²) >= 11 is 0. The fraction of sp³-hybridized carbons (Fsp3) is 0.200. The van der Waals surface area contributed by atoms with E-state index in [0.717, 1.165) is 29.7 Å². The number of phenols is 1. The number of benzene rings is 2. The number of nitrogens with one attached hydrogen (secondary N) is 1. The average molecular weight is 261 g/mol. The number of phenolic OH excluding ortho intramolecular Hbond substituents is 1. The Labute approximate surface area is 109 Å². The number of hydrogen-bond acceptors (Lipinski definition) is 2. The minimum Gasteiger partial charge on any atom is -0.508 e. The topological polar surface area (TPSA) is 32.3 Å². The molecule has 1 atom stereocenters. The van der Waals surface area contributed by atoms with E-state index in [1.54, 1.807) is 18.2 Å². The molecule has 0 amide bonds. The average Bonchev–Trinajstić information content (AvgIpc) is 2.40. The maximum Gasteiger partial charge on any atom is 0.128 e. The van der Waals surface area contributed by atoms with E-state index in [-0.39, 0.29) is 11.8 Å². The van der Waals surface area contributed by atoms with Crippen LogP contribution in [0.3, 0.4) is 0 Å². The lowest BCUT2D eigenvalue weighted by Gasteiger charge is -2.27. The molecular formula is C15H13F2NO. The summed E-state index contributed by atoms with van der Waals surface area (Å²) < 4.78 is 27.2. The molecule has 98 valence electrons. The van der Waals surface area contributed by atoms with Gasteiger partial charge in [-0.25, -0.2) is 8.78 Å². The maximum atomic E-state index is 13.9. The molecule has 0 bridgehead atoms. The number of hydrogen-bond donors (Lipinski definition) is 2. The van der Waals surface area contributed by atoms with Gasteiger partial charge in [0.25, 0.3) is 0 Å². The third-order valence-corrected chi connectivity index (χ3v) is 3.45. The van der Waals surface area contributed by atoms with Crippen molar-refractivity contribution < 1.29 is 13.9 Å². The van der Waals surface area contributed by atoms with Crippen LogP contribution in [0.2, 0.25) is 0 Å². The molecular weight excluding hydrogens is 248 g/mol. The fourth-order valence-electron chi connectivity index (χ4n) is 2.56. The standard InChI is InChI=1S/C15H13F2NO/c16-10-1-4-14(17)13(8-10)15-12-3-2-11(19)7-9(12)5-6-18-15/h1-4,7-8,15,18-19H,5-6H2. The quantitative estimate of drug-likeness (QED) is 0.827. The summed E-state index contributed by atoms with van der Waals surface area (Å²) in [5.74, 6) is -0.692. The first kappa shape index (κ1) is 12.1. The highest BCUT2D eigenvalue weighted by Crippen LogP contribution is 2.32. The predicted octanol–water partition coefficient (Wildman–Crippen LogP) is 2.91. The van der Waals surface area contributed by atoms with Crippen LogP contribution in [0.15, 0.2) is 36.4 Å². The van der Waals surface area contributed by atoms with Crippen LogP contribution in [-0.2, 0) is 6.42 Å². The molecule has 0 saturated heterocycles. The third kappa shape index (κ3) is 2.19. The summed E-state index contributed by atoms with van der Waals surface area (Å²) in [7, 11) is 0. The van der Waals surface area contributed by atoms with E-state index in [2.05, 4.69) is 5.32 Å². The zero-order valence-corrected chi connectivity index (χ0v) is 10.2. The summed E-state index contributed by atoms with van der Waals surface area (Å²) in [6.07, 6.45) is 0.761. The Hall–Kier alpha value is -1.94. The minimum atomic E-state index is -0.455. The van der Waals surface area contributed by atoms with Crippen molar-refractivity contribution in [1.29, 1.82) is 0 Å². The first-order valence-corrected chi connectivity index (χ1v) is 6.15. The van der Waals surface area contributed by atoms with Gasteiger partial charge in [0.15, 0.2) is 0 Å². The van der Waals surface area contributed by atoms with Crippen LogP contribution in [0.25, 0.3) is 0 Å². The van der Waals surface area contributed by atoms with Gasteiger partial charge in [-0.15, -0.1) is 0 Å². The largest absolute Gasteiger partial charge is 0.508 e. The monoisotopic (exact) mass is 261 g/mol. The van der Waals surface area contributed by atoms with Gasteiger partial charge < -0.3 is 10.4 Å². The molecule has 1 heterocycles. The minimum absolute atomic E-state index is 0.194. The van der Waals surface area contributed by atoms with E-state index in [4.69, 9.17) is 0 Å². The smallest absolute Gasteiger partial charge is 0.128 e. The number of halogens is 2. The number of aromatic hydroxyl groups is 1. The Morgan fingerprint density at radius 3 is 2.74 bits per heavy atom. The van der Waals surface area contributed by atoms with Crippen LogP contribution in [-0.4, -0.2) is 11.7 Å². The summed E-state index contributed by atoms with van der Waals surface area (Å²) in [4.78, 5) is 0. The molecule has 0 spiro atoms. The van der Waals surface area contributed by atoms with E-state index in [1.165, 1.54) is 6.07 Å². The lowest BCUT2D eigenvalue weighted by molar-refractivity contribution is 0.470. The molecule has 1 aliphatic rings. The van der Waals surface area contributed by atoms with Crippen LogP contribution in [0, 0.1) is 11.6 Å². The zero-order valence-electron chi connectivity index (χ0n) is 10.2. The molecule has 4 heteroatoms. The Morgan fingerprint density at radius 2 is 1.89 bits per heavy atom. The molecule has 0 fully saturated rings. The summed E-state index contributed by atoms with van der Waals surface area (Å²) in [6.45, 7) is 0.664. The van der Waals surface area contributed by atoms with Gasteiger partial charge >= 0.3 is 0 Å². The molecule has 0 aromatic heterocycles. The third-order valence-electron chi connectivity index (χ3n) is 3.45. The number of fused-ring (bicyclic) bond motifs is 1. The first-order chi connectivity index (χ1) is 9.15. The Morgan fingerprint density at radius 1 is 1.05 bits per heavy atom. The van der Waals surface area contributed by atoms with E-state index < -0.39 is 11.6 Å². The van der Waals surface area contributed by atoms with Crippen molar-refractivity contribution in [2.24, 2.45) is 0 Å². The van der Waals surface area contributed by atoms with E-state index in [1.807, 2.05) is 0 Å². The van der Waals surface area contributed by atoms with Crippen LogP contribution < -0.4 is 5.32 Å². The van der Waals surface area contributed by atoms with Crippen LogP contribution in [0.5, 0.6) is 5.75 Å². The molecule has 0 radical (unpaired) electrons. The molecule has 0 aliphatic carbocycles. The summed E-state index contributed by atoms with van der Waals surface area (Å²) in [5, 5.41) is 12.7. The van der Waals surface area contributed by atoms with Crippen molar-refractivity contribution in [2.75, 3.05) is 6.54 Å². The second kappa shape index (κ2) is 4.63. The highest BCUT2D eigenvalue weighted by Gasteiger charge is 2.24. The van der Waals surface area contributed by atoms with E-state index >= 15 is 0 Å². The molecule has 0 saturated carbocycles. The molecule has 2 N–H and O–H groups in total. The predicted molar refractivity (Wildman–Crippen MR) is 68.0 cm³/mol. The van der Waals surface area contributed by atoms with Crippen molar-refractivity contribution in [3.05, 3.63) is 64.7 Å². The highest BCUT2D eigenvalue weighted by molar-refractivity contribution is 5.43. The van der Waals surface area contributed by atoms with Gasteiger partial charge in [0.2, 0.25) is 0 Å². The molecule has 2 aromatic rings. The van der Waals surface area contributed by atoms with Gasteiger partial charge in [-0.3, -0.25) is 0 Å². The Balaban J connectivity index is 2.11. The fourth-order valence-corrected chi connectivity index (χ4v) is 2.56. The molecule has 3 rings (SSSR count). The first-order valence-electron chi connectivity index (χ1n) is 6.15. The van der Waals surface area contributed by atoms with Crippen LogP contribution in [0.1, 0.15) is 22.7 Å². The highest BCUT2D eigenvalue weighted by atomic mass is 19.1. The normalized spacial score (nSPS) is 18.1. The van der Waals surface area contributed by atoms with Gasteiger partial charge in [-0.1, -0.05) is 6.07 Å². The van der Waals surface area contributed by atoms with Crippen molar-refractivity contribution in [2.45, 2.75) is 12.5 Å². The van der Waals surface area contributed by atoms with Crippen LogP contribution in [0.4, 0.5) is 8.78 Å². The molecule has 1 unspecified atom stereocenters. The summed E-state index contributed by atoms with van der Waals surface area (Å²) in [6, 6.07) is 8.09. The molecule has 2 aromatic carbocycles. The Kier molecular flexibility index (Phi) is 2.95. The van der Waals surface area contributed by atoms with E-state index in [0.29, 0.717) is 12.1 Å². The van der Waals surface area contributed by atoms with Gasteiger partial charge in [-0.2, -0.15) is 0 Å². The number of rotatable bonds is 1. The van der Waals surface area contributed by atoms with Gasteiger partial charge in [0, 0.05) is 12.1 Å². The molecule has 1 aliphatic heterocycles.